The van der Waals surface area contributed by atoms with Gasteiger partial charge in [0, 0.05) is 23.6 Å². The van der Waals surface area contributed by atoms with E-state index in [4.69, 9.17) is 10.9 Å². The number of carbonyl (C=O) groups excluding carboxylic acids is 1. The molecule has 7 nitrogen and oxygen atoms in total. The summed E-state index contributed by atoms with van der Waals surface area (Å²) >= 11 is 0. The maximum atomic E-state index is 11.8. The average molecular weight is 310 g/mol. The summed E-state index contributed by atoms with van der Waals surface area (Å²) in [6.45, 7) is -0.0424. The van der Waals surface area contributed by atoms with Crippen LogP contribution >= 0.6 is 0 Å². The molecule has 21 heavy (non-hydrogen) atoms. The van der Waals surface area contributed by atoms with Gasteiger partial charge in [-0.2, -0.15) is 0 Å². The van der Waals surface area contributed by atoms with Crippen molar-refractivity contribution in [3.05, 3.63) is 36.0 Å². The summed E-state index contributed by atoms with van der Waals surface area (Å²) in [5.41, 5.74) is 7.77. The van der Waals surface area contributed by atoms with Crippen LogP contribution in [0.3, 0.4) is 0 Å². The van der Waals surface area contributed by atoms with Crippen molar-refractivity contribution in [2.24, 2.45) is 10.9 Å². The van der Waals surface area contributed by atoms with Crippen LogP contribution < -0.4 is 16.2 Å². The number of nitrogens with two attached hydrogens (primary N) is 2. The summed E-state index contributed by atoms with van der Waals surface area (Å²) in [6, 6.07) is 6.98. The molecule has 0 unspecified atom stereocenters. The molecule has 1 atom stereocenters. The fraction of sp³-hybridized carbons (Fsp3) is 0.308. The number of nitrogens with one attached hydrogen (secondary N) is 2. The lowest BCUT2D eigenvalue weighted by molar-refractivity contribution is -0.122. The summed E-state index contributed by atoms with van der Waals surface area (Å²) in [4.78, 5) is 14.9. The van der Waals surface area contributed by atoms with E-state index < -0.39 is 22.0 Å². The fourth-order valence-corrected chi connectivity index (χ4v) is 2.46. The smallest absolute Gasteiger partial charge is 0.237 e. The zero-order chi connectivity index (χ0) is 15.5. The highest BCUT2D eigenvalue weighted by atomic mass is 32.2. The Bertz CT molecular complexity index is 739. The van der Waals surface area contributed by atoms with E-state index in [9.17, 15) is 13.2 Å². The van der Waals surface area contributed by atoms with Crippen molar-refractivity contribution in [2.45, 2.75) is 12.5 Å². The van der Waals surface area contributed by atoms with Crippen LogP contribution in [-0.2, 0) is 21.2 Å². The number of primary sulfonamides is 1. The average Bonchev–Trinajstić information content (AvgIpc) is 2.80. The number of aromatic amines is 1. The first-order valence-corrected chi connectivity index (χ1v) is 8.17. The van der Waals surface area contributed by atoms with E-state index in [1.807, 2.05) is 30.5 Å². The predicted octanol–water partition coefficient (Wildman–Crippen LogP) is -0.558. The summed E-state index contributed by atoms with van der Waals surface area (Å²) in [5, 5.41) is 8.34. The molecule has 0 aliphatic heterocycles. The molecule has 0 radical (unpaired) electrons. The number of amides is 1. The standard InChI is InChI=1S/C13H18N4O3S/c14-11(13(18)16-5-6-21(15,19)20)7-9-8-17-12-4-2-1-3-10(9)12/h1-4,8,11,17H,5-7,14H2,(H,16,18)(H2,15,19,20)/t11-/m1/s1. The molecule has 2 aromatic rings. The van der Waals surface area contributed by atoms with E-state index in [1.54, 1.807) is 0 Å². The zero-order valence-electron chi connectivity index (χ0n) is 11.4. The molecule has 1 amide bonds. The first kappa shape index (κ1) is 15.5. The number of H-pyrrole nitrogens is 1. The van der Waals surface area contributed by atoms with Crippen LogP contribution in [0.25, 0.3) is 10.9 Å². The van der Waals surface area contributed by atoms with Gasteiger partial charge in [-0.1, -0.05) is 18.2 Å². The van der Waals surface area contributed by atoms with Crippen molar-refractivity contribution >= 4 is 26.8 Å². The number of sulfonamides is 1. The highest BCUT2D eigenvalue weighted by Crippen LogP contribution is 2.18. The van der Waals surface area contributed by atoms with Gasteiger partial charge in [0.2, 0.25) is 15.9 Å². The van der Waals surface area contributed by atoms with Gasteiger partial charge in [-0.3, -0.25) is 4.79 Å². The Morgan fingerprint density at radius 2 is 2.05 bits per heavy atom. The molecule has 114 valence electrons. The lowest BCUT2D eigenvalue weighted by atomic mass is 10.1. The van der Waals surface area contributed by atoms with Crippen molar-refractivity contribution in [1.29, 1.82) is 0 Å². The quantitative estimate of drug-likeness (QED) is 0.569. The molecule has 6 N–H and O–H groups in total. The van der Waals surface area contributed by atoms with Gasteiger partial charge in [0.1, 0.15) is 0 Å². The molecule has 8 heteroatoms. The van der Waals surface area contributed by atoms with E-state index in [2.05, 4.69) is 10.3 Å². The second kappa shape index (κ2) is 6.25. The number of benzene rings is 1. The summed E-state index contributed by atoms with van der Waals surface area (Å²) in [6.07, 6.45) is 2.19. The normalized spacial score (nSPS) is 13.2. The molecular formula is C13H18N4O3S. The van der Waals surface area contributed by atoms with E-state index in [0.29, 0.717) is 6.42 Å². The summed E-state index contributed by atoms with van der Waals surface area (Å²) in [7, 11) is -3.58. The van der Waals surface area contributed by atoms with Gasteiger partial charge < -0.3 is 16.0 Å². The van der Waals surface area contributed by atoms with Crippen molar-refractivity contribution in [2.75, 3.05) is 12.3 Å². The Balaban J connectivity index is 1.94. The summed E-state index contributed by atoms with van der Waals surface area (Å²) < 4.78 is 21.6. The Labute approximate surface area is 122 Å². The van der Waals surface area contributed by atoms with E-state index in [1.165, 1.54) is 0 Å². The van der Waals surface area contributed by atoms with Gasteiger partial charge >= 0.3 is 0 Å². The molecule has 0 fully saturated rings. The van der Waals surface area contributed by atoms with Crippen LogP contribution in [0.2, 0.25) is 0 Å². The minimum Gasteiger partial charge on any atom is -0.361 e. The number of para-hydroxylation sites is 1. The van der Waals surface area contributed by atoms with Crippen molar-refractivity contribution in [3.8, 4) is 0 Å². The lowest BCUT2D eigenvalue weighted by Gasteiger charge is -2.11. The monoisotopic (exact) mass is 310 g/mol. The van der Waals surface area contributed by atoms with Gasteiger partial charge in [0.15, 0.2) is 0 Å². The molecule has 0 aliphatic rings. The second-order valence-corrected chi connectivity index (χ2v) is 6.56. The lowest BCUT2D eigenvalue weighted by Crippen LogP contribution is -2.43. The number of aromatic nitrogens is 1. The van der Waals surface area contributed by atoms with Crippen LogP contribution in [0.4, 0.5) is 0 Å². The van der Waals surface area contributed by atoms with Crippen LogP contribution in [0, 0.1) is 0 Å². The Morgan fingerprint density at radius 3 is 2.76 bits per heavy atom. The number of carbonyl (C=O) groups is 1. The number of hydrogen-bond donors (Lipinski definition) is 4. The third kappa shape index (κ3) is 4.28. The SMILES string of the molecule is N[C@H](Cc1c[nH]c2ccccc12)C(=O)NCCS(N)(=O)=O. The maximum absolute atomic E-state index is 11.8. The van der Waals surface area contributed by atoms with Gasteiger partial charge in [-0.05, 0) is 18.1 Å². The van der Waals surface area contributed by atoms with Gasteiger partial charge in [0.25, 0.3) is 0 Å². The molecule has 1 aromatic heterocycles. The van der Waals surface area contributed by atoms with Gasteiger partial charge in [0.05, 0.1) is 11.8 Å². The molecule has 0 aliphatic carbocycles. The van der Waals surface area contributed by atoms with E-state index >= 15 is 0 Å². The van der Waals surface area contributed by atoms with Crippen molar-refractivity contribution < 1.29 is 13.2 Å². The molecule has 0 spiro atoms. The number of fused-ring (bicyclic) bond motifs is 1. The predicted molar refractivity (Wildman–Crippen MR) is 81.0 cm³/mol. The summed E-state index contributed by atoms with van der Waals surface area (Å²) in [5.74, 6) is -0.706. The largest absolute Gasteiger partial charge is 0.361 e. The Morgan fingerprint density at radius 1 is 1.33 bits per heavy atom. The topological polar surface area (TPSA) is 131 Å². The number of rotatable bonds is 6. The molecule has 0 bridgehead atoms. The van der Waals surface area contributed by atoms with E-state index in [-0.39, 0.29) is 12.3 Å². The highest BCUT2D eigenvalue weighted by molar-refractivity contribution is 7.89. The minimum atomic E-state index is -3.58. The molecule has 1 heterocycles. The van der Waals surface area contributed by atoms with Crippen LogP contribution in [0.15, 0.2) is 30.5 Å². The van der Waals surface area contributed by atoms with Crippen LogP contribution in [0.5, 0.6) is 0 Å². The van der Waals surface area contributed by atoms with E-state index in [0.717, 1.165) is 16.5 Å². The van der Waals surface area contributed by atoms with Crippen LogP contribution in [0.1, 0.15) is 5.56 Å². The first-order chi connectivity index (χ1) is 9.87. The zero-order valence-corrected chi connectivity index (χ0v) is 12.2. The Hall–Kier alpha value is -1.90. The van der Waals surface area contributed by atoms with Crippen molar-refractivity contribution in [3.63, 3.8) is 0 Å². The molecule has 0 saturated heterocycles. The third-order valence-corrected chi connectivity index (χ3v) is 3.91. The first-order valence-electron chi connectivity index (χ1n) is 6.45. The molecular weight excluding hydrogens is 292 g/mol. The van der Waals surface area contributed by atoms with Gasteiger partial charge in [-0.25, -0.2) is 13.6 Å². The molecule has 0 saturated carbocycles. The molecule has 1 aromatic carbocycles. The number of hydrogen-bond acceptors (Lipinski definition) is 4. The Kier molecular flexibility index (Phi) is 4.61. The highest BCUT2D eigenvalue weighted by Gasteiger charge is 2.16. The fourth-order valence-electron chi connectivity index (χ4n) is 2.08. The maximum Gasteiger partial charge on any atom is 0.237 e. The minimum absolute atomic E-state index is 0.0424. The van der Waals surface area contributed by atoms with Gasteiger partial charge in [-0.15, -0.1) is 0 Å². The molecule has 2 rings (SSSR count). The second-order valence-electron chi connectivity index (χ2n) is 4.83. The van der Waals surface area contributed by atoms with Crippen LogP contribution in [-0.4, -0.2) is 37.6 Å². The van der Waals surface area contributed by atoms with Crippen molar-refractivity contribution in [1.82, 2.24) is 10.3 Å². The third-order valence-electron chi connectivity index (χ3n) is 3.14.